The summed E-state index contributed by atoms with van der Waals surface area (Å²) < 4.78 is 16.8. The molecule has 1 atom stereocenters. The molecule has 0 aliphatic rings. The summed E-state index contributed by atoms with van der Waals surface area (Å²) in [6.45, 7) is 6.49. The number of unbranched alkanes of at least 4 members (excludes halogenated alkanes) is 26. The minimum Gasteiger partial charge on any atom is -0.462 e. The van der Waals surface area contributed by atoms with E-state index in [9.17, 15) is 14.4 Å². The van der Waals surface area contributed by atoms with E-state index in [2.05, 4.69) is 93.7 Å². The Hall–Kier alpha value is -3.15. The Balaban J connectivity index is 4.41. The SMILES string of the molecule is CC/C=C\C/C=C\C/C=C\CCCCCCCC(=O)O[C@@H](COC(=O)CCCCCCCC/C=C\C/C=C\C/C=C\CCCCC)COC(=O)CCCCCCCCCCCCCCC. The first-order valence-corrected chi connectivity index (χ1v) is 27.4. The van der Waals surface area contributed by atoms with E-state index in [1.807, 2.05) is 0 Å². The fraction of sp³-hybridized carbons (Fsp3) is 0.746. The average Bonchev–Trinajstić information content (AvgIpc) is 3.30. The molecule has 0 unspecified atom stereocenters. The molecule has 0 spiro atoms. The lowest BCUT2D eigenvalue weighted by Crippen LogP contribution is -2.30. The summed E-state index contributed by atoms with van der Waals surface area (Å²) in [7, 11) is 0. The topological polar surface area (TPSA) is 78.9 Å². The summed E-state index contributed by atoms with van der Waals surface area (Å²) in [5, 5.41) is 0. The van der Waals surface area contributed by atoms with Gasteiger partial charge in [0.1, 0.15) is 13.2 Å². The van der Waals surface area contributed by atoms with Crippen molar-refractivity contribution in [3.8, 4) is 0 Å². The van der Waals surface area contributed by atoms with Crippen molar-refractivity contribution in [1.29, 1.82) is 0 Å². The molecular formula is C59H102O6. The molecule has 6 heteroatoms. The quantitative estimate of drug-likeness (QED) is 0.0262. The van der Waals surface area contributed by atoms with E-state index < -0.39 is 6.10 Å². The number of allylic oxidation sites excluding steroid dienone is 12. The highest BCUT2D eigenvalue weighted by atomic mass is 16.6. The standard InChI is InChI=1S/C59H102O6/c1-4-7-10-13-16-19-22-25-27-28-29-30-32-34-37-40-43-46-49-52-58(61)64-55-56(54-63-57(60)51-48-45-42-39-36-33-24-21-18-15-12-9-6-3)65-59(62)53-50-47-44-41-38-35-31-26-23-20-17-14-11-8-5-2/h8,11,16-17,19-20,25-27,29-31,56H,4-7,9-10,12-15,18,21-24,28,32-55H2,1-3H3/b11-8-,19-16-,20-17-,27-25-,30-29-,31-26-/t56-/m1/s1. The Morgan fingerprint density at radius 3 is 0.969 bits per heavy atom. The van der Waals surface area contributed by atoms with Gasteiger partial charge in [-0.15, -0.1) is 0 Å². The van der Waals surface area contributed by atoms with E-state index in [1.165, 1.54) is 109 Å². The van der Waals surface area contributed by atoms with E-state index in [-0.39, 0.29) is 31.1 Å². The Morgan fingerprint density at radius 1 is 0.323 bits per heavy atom. The van der Waals surface area contributed by atoms with Crippen LogP contribution in [0.1, 0.15) is 265 Å². The van der Waals surface area contributed by atoms with Crippen LogP contribution in [0.25, 0.3) is 0 Å². The fourth-order valence-electron chi connectivity index (χ4n) is 7.58. The molecule has 0 rings (SSSR count). The number of esters is 3. The molecular weight excluding hydrogens is 805 g/mol. The summed E-state index contributed by atoms with van der Waals surface area (Å²) in [6, 6.07) is 0. The highest BCUT2D eigenvalue weighted by Crippen LogP contribution is 2.15. The van der Waals surface area contributed by atoms with Crippen LogP contribution in [-0.2, 0) is 28.6 Å². The van der Waals surface area contributed by atoms with Gasteiger partial charge in [0.05, 0.1) is 0 Å². The van der Waals surface area contributed by atoms with Crippen LogP contribution in [0, 0.1) is 0 Å². The molecule has 0 aromatic carbocycles. The predicted molar refractivity (Wildman–Crippen MR) is 279 cm³/mol. The van der Waals surface area contributed by atoms with E-state index in [0.717, 1.165) is 116 Å². The van der Waals surface area contributed by atoms with Crippen LogP contribution in [0.5, 0.6) is 0 Å². The number of rotatable bonds is 49. The molecule has 65 heavy (non-hydrogen) atoms. The number of carbonyl (C=O) groups is 3. The van der Waals surface area contributed by atoms with Gasteiger partial charge in [-0.3, -0.25) is 14.4 Å². The number of ether oxygens (including phenoxy) is 3. The molecule has 0 N–H and O–H groups in total. The molecule has 0 aromatic heterocycles. The Bertz CT molecular complexity index is 1230. The summed E-state index contributed by atoms with van der Waals surface area (Å²) >= 11 is 0. The Labute approximate surface area is 402 Å². The summed E-state index contributed by atoms with van der Waals surface area (Å²) in [5.41, 5.74) is 0. The third-order valence-electron chi connectivity index (χ3n) is 11.7. The third kappa shape index (κ3) is 51.7. The molecule has 0 aromatic rings. The van der Waals surface area contributed by atoms with Gasteiger partial charge >= 0.3 is 17.9 Å². The van der Waals surface area contributed by atoms with Crippen LogP contribution in [0.15, 0.2) is 72.9 Å². The van der Waals surface area contributed by atoms with E-state index in [4.69, 9.17) is 14.2 Å². The molecule has 0 amide bonds. The normalized spacial score (nSPS) is 12.6. The monoisotopic (exact) mass is 907 g/mol. The zero-order valence-corrected chi connectivity index (χ0v) is 42.7. The van der Waals surface area contributed by atoms with Gasteiger partial charge in [0, 0.05) is 19.3 Å². The van der Waals surface area contributed by atoms with Crippen molar-refractivity contribution in [3.63, 3.8) is 0 Å². The Kier molecular flexibility index (Phi) is 50.9. The van der Waals surface area contributed by atoms with Crippen LogP contribution >= 0.6 is 0 Å². The minimum absolute atomic E-state index is 0.0851. The Morgan fingerprint density at radius 2 is 0.600 bits per heavy atom. The highest BCUT2D eigenvalue weighted by Gasteiger charge is 2.19. The maximum Gasteiger partial charge on any atom is 0.306 e. The van der Waals surface area contributed by atoms with E-state index in [1.54, 1.807) is 0 Å². The lowest BCUT2D eigenvalue weighted by atomic mass is 10.0. The van der Waals surface area contributed by atoms with Gasteiger partial charge in [0.15, 0.2) is 6.10 Å². The average molecular weight is 907 g/mol. The van der Waals surface area contributed by atoms with Crippen molar-refractivity contribution < 1.29 is 28.6 Å². The molecule has 0 fully saturated rings. The predicted octanol–water partition coefficient (Wildman–Crippen LogP) is 18.2. The smallest absolute Gasteiger partial charge is 0.306 e. The van der Waals surface area contributed by atoms with Crippen molar-refractivity contribution in [1.82, 2.24) is 0 Å². The van der Waals surface area contributed by atoms with Crippen molar-refractivity contribution in [2.45, 2.75) is 271 Å². The van der Waals surface area contributed by atoms with Gasteiger partial charge < -0.3 is 14.2 Å². The van der Waals surface area contributed by atoms with Crippen LogP contribution < -0.4 is 0 Å². The molecule has 0 aliphatic carbocycles. The molecule has 0 heterocycles. The summed E-state index contributed by atoms with van der Waals surface area (Å²) in [6.07, 6.45) is 67.4. The fourth-order valence-corrected chi connectivity index (χ4v) is 7.58. The van der Waals surface area contributed by atoms with Crippen LogP contribution in [0.4, 0.5) is 0 Å². The zero-order valence-electron chi connectivity index (χ0n) is 42.7. The maximum absolute atomic E-state index is 12.8. The van der Waals surface area contributed by atoms with Crippen molar-refractivity contribution in [3.05, 3.63) is 72.9 Å². The third-order valence-corrected chi connectivity index (χ3v) is 11.7. The van der Waals surface area contributed by atoms with Gasteiger partial charge in [-0.05, 0) is 89.9 Å². The van der Waals surface area contributed by atoms with Gasteiger partial charge in [-0.2, -0.15) is 0 Å². The first-order chi connectivity index (χ1) is 32.0. The van der Waals surface area contributed by atoms with Gasteiger partial charge in [0.25, 0.3) is 0 Å². The highest BCUT2D eigenvalue weighted by molar-refractivity contribution is 5.71. The van der Waals surface area contributed by atoms with Crippen LogP contribution in [-0.4, -0.2) is 37.2 Å². The largest absolute Gasteiger partial charge is 0.462 e. The van der Waals surface area contributed by atoms with Gasteiger partial charge in [-0.25, -0.2) is 0 Å². The maximum atomic E-state index is 12.8. The van der Waals surface area contributed by atoms with Crippen molar-refractivity contribution in [2.24, 2.45) is 0 Å². The molecule has 0 saturated heterocycles. The summed E-state index contributed by atoms with van der Waals surface area (Å²) in [4.78, 5) is 38.1. The summed E-state index contributed by atoms with van der Waals surface area (Å²) in [5.74, 6) is -0.909. The molecule has 0 radical (unpaired) electrons. The zero-order chi connectivity index (χ0) is 47.2. The molecule has 374 valence electrons. The lowest BCUT2D eigenvalue weighted by Gasteiger charge is -2.18. The second kappa shape index (κ2) is 53.5. The number of carbonyl (C=O) groups excluding carboxylic acids is 3. The van der Waals surface area contributed by atoms with Crippen LogP contribution in [0.2, 0.25) is 0 Å². The van der Waals surface area contributed by atoms with Gasteiger partial charge in [0.2, 0.25) is 0 Å². The molecule has 0 bridgehead atoms. The molecule has 6 nitrogen and oxygen atoms in total. The van der Waals surface area contributed by atoms with Crippen molar-refractivity contribution >= 4 is 17.9 Å². The first-order valence-electron chi connectivity index (χ1n) is 27.4. The second-order valence-corrected chi connectivity index (χ2v) is 18.1. The minimum atomic E-state index is -0.788. The van der Waals surface area contributed by atoms with E-state index in [0.29, 0.717) is 19.3 Å². The first kappa shape index (κ1) is 61.9. The van der Waals surface area contributed by atoms with Crippen molar-refractivity contribution in [2.75, 3.05) is 13.2 Å². The number of hydrogen-bond acceptors (Lipinski definition) is 6. The lowest BCUT2D eigenvalue weighted by molar-refractivity contribution is -0.167. The van der Waals surface area contributed by atoms with Gasteiger partial charge in [-0.1, -0.05) is 229 Å². The van der Waals surface area contributed by atoms with Crippen LogP contribution in [0.3, 0.4) is 0 Å². The second-order valence-electron chi connectivity index (χ2n) is 18.1. The molecule has 0 aliphatic heterocycles. The number of hydrogen-bond donors (Lipinski definition) is 0. The molecule has 0 saturated carbocycles. The van der Waals surface area contributed by atoms with E-state index >= 15 is 0 Å².